The minimum absolute atomic E-state index is 0. The van der Waals surface area contributed by atoms with Crippen molar-refractivity contribution in [2.45, 2.75) is 51.2 Å². The summed E-state index contributed by atoms with van der Waals surface area (Å²) in [5, 5.41) is 2.90. The Balaban J connectivity index is 0.00000256. The third-order valence-corrected chi connectivity index (χ3v) is 3.43. The molecule has 0 aromatic rings. The summed E-state index contributed by atoms with van der Waals surface area (Å²) in [5.41, 5.74) is 5.63. The van der Waals surface area contributed by atoms with Crippen molar-refractivity contribution >= 4 is 18.3 Å². The molecule has 4 nitrogen and oxygen atoms in total. The van der Waals surface area contributed by atoms with Gasteiger partial charge in [-0.05, 0) is 32.6 Å². The highest BCUT2D eigenvalue weighted by molar-refractivity contribution is 5.85. The van der Waals surface area contributed by atoms with Gasteiger partial charge in [0.1, 0.15) is 0 Å². The van der Waals surface area contributed by atoms with Crippen molar-refractivity contribution in [3.05, 3.63) is 0 Å². The summed E-state index contributed by atoms with van der Waals surface area (Å²) >= 11 is 0. The predicted octanol–water partition coefficient (Wildman–Crippen LogP) is 1.47. The highest BCUT2D eigenvalue weighted by Crippen LogP contribution is 2.26. The van der Waals surface area contributed by atoms with E-state index in [4.69, 9.17) is 10.5 Å². The van der Waals surface area contributed by atoms with Crippen LogP contribution >= 0.6 is 12.4 Å². The molecule has 3 N–H and O–H groups in total. The van der Waals surface area contributed by atoms with E-state index in [9.17, 15) is 4.79 Å². The van der Waals surface area contributed by atoms with Crippen molar-refractivity contribution in [3.63, 3.8) is 0 Å². The van der Waals surface area contributed by atoms with Gasteiger partial charge in [0, 0.05) is 26.1 Å². The number of hydrogen-bond donors (Lipinski definition) is 2. The summed E-state index contributed by atoms with van der Waals surface area (Å²) in [4.78, 5) is 11.7. The van der Waals surface area contributed by atoms with Crippen molar-refractivity contribution in [2.75, 3.05) is 13.7 Å². The fourth-order valence-corrected chi connectivity index (χ4v) is 2.01. The number of nitrogens with one attached hydrogen (secondary N) is 1. The molecule has 0 saturated heterocycles. The second-order valence-corrected chi connectivity index (χ2v) is 5.30. The molecule has 2 atom stereocenters. The minimum atomic E-state index is -0.298. The molecule has 1 aliphatic carbocycles. The Morgan fingerprint density at radius 2 is 2.12 bits per heavy atom. The van der Waals surface area contributed by atoms with Crippen LogP contribution in [0.5, 0.6) is 0 Å². The van der Waals surface area contributed by atoms with E-state index in [0.29, 0.717) is 18.9 Å². The molecule has 1 saturated carbocycles. The molecular formula is C12H25ClN2O2. The Morgan fingerprint density at radius 1 is 1.47 bits per heavy atom. The zero-order chi connectivity index (χ0) is 12.2. The Kier molecular flexibility index (Phi) is 7.05. The number of carbonyl (C=O) groups is 1. The lowest BCUT2D eigenvalue weighted by molar-refractivity contribution is -0.123. The lowest BCUT2D eigenvalue weighted by atomic mass is 9.99. The molecule has 5 heteroatoms. The maximum atomic E-state index is 11.7. The van der Waals surface area contributed by atoms with Gasteiger partial charge in [-0.1, -0.05) is 6.42 Å². The Hall–Kier alpha value is -0.320. The van der Waals surface area contributed by atoms with Crippen LogP contribution < -0.4 is 11.1 Å². The lowest BCUT2D eigenvalue weighted by Gasteiger charge is -2.24. The molecule has 0 spiro atoms. The second-order valence-electron chi connectivity index (χ2n) is 5.30. The maximum Gasteiger partial charge on any atom is 0.220 e. The number of nitrogens with two attached hydrogens (primary N) is 1. The number of amides is 1. The molecule has 1 amide bonds. The Labute approximate surface area is 110 Å². The molecule has 1 rings (SSSR count). The SMILES string of the molecule is COC(C)(C)CNC(=O)C[C@@H]1CCC[C@H]1N.Cl. The van der Waals surface area contributed by atoms with E-state index < -0.39 is 0 Å². The summed E-state index contributed by atoms with van der Waals surface area (Å²) in [6.45, 7) is 4.45. The van der Waals surface area contributed by atoms with Crippen LogP contribution in [0.3, 0.4) is 0 Å². The highest BCUT2D eigenvalue weighted by Gasteiger charge is 2.26. The Bertz CT molecular complexity index is 247. The van der Waals surface area contributed by atoms with Gasteiger partial charge in [0.05, 0.1) is 5.60 Å². The number of methoxy groups -OCH3 is 1. The van der Waals surface area contributed by atoms with Crippen LogP contribution in [0.15, 0.2) is 0 Å². The molecule has 0 aromatic carbocycles. The van der Waals surface area contributed by atoms with Gasteiger partial charge in [0.25, 0.3) is 0 Å². The Morgan fingerprint density at radius 3 is 2.59 bits per heavy atom. The quantitative estimate of drug-likeness (QED) is 0.790. The first-order valence-electron chi connectivity index (χ1n) is 6.02. The van der Waals surface area contributed by atoms with Gasteiger partial charge >= 0.3 is 0 Å². The molecule has 0 bridgehead atoms. The first-order chi connectivity index (χ1) is 7.44. The number of ether oxygens (including phenoxy) is 1. The third-order valence-electron chi connectivity index (χ3n) is 3.43. The van der Waals surface area contributed by atoms with E-state index in [1.807, 2.05) is 13.8 Å². The fraction of sp³-hybridized carbons (Fsp3) is 0.917. The predicted molar refractivity (Wildman–Crippen MR) is 71.3 cm³/mol. The maximum absolute atomic E-state index is 11.7. The molecular weight excluding hydrogens is 240 g/mol. The van der Waals surface area contributed by atoms with Crippen LogP contribution in [-0.2, 0) is 9.53 Å². The van der Waals surface area contributed by atoms with Gasteiger partial charge in [-0.3, -0.25) is 4.79 Å². The van der Waals surface area contributed by atoms with Crippen LogP contribution in [0.4, 0.5) is 0 Å². The average Bonchev–Trinajstić information content (AvgIpc) is 2.62. The van der Waals surface area contributed by atoms with Crippen LogP contribution in [-0.4, -0.2) is 31.2 Å². The van der Waals surface area contributed by atoms with Crippen molar-refractivity contribution < 1.29 is 9.53 Å². The van der Waals surface area contributed by atoms with Gasteiger partial charge in [0.15, 0.2) is 0 Å². The van der Waals surface area contributed by atoms with E-state index in [2.05, 4.69) is 5.32 Å². The van der Waals surface area contributed by atoms with E-state index >= 15 is 0 Å². The largest absolute Gasteiger partial charge is 0.377 e. The highest BCUT2D eigenvalue weighted by atomic mass is 35.5. The van der Waals surface area contributed by atoms with Crippen molar-refractivity contribution in [1.29, 1.82) is 0 Å². The van der Waals surface area contributed by atoms with Crippen molar-refractivity contribution in [3.8, 4) is 0 Å². The molecule has 0 aromatic heterocycles. The van der Waals surface area contributed by atoms with E-state index in [1.54, 1.807) is 7.11 Å². The van der Waals surface area contributed by atoms with Gasteiger partial charge < -0.3 is 15.8 Å². The van der Waals surface area contributed by atoms with Crippen molar-refractivity contribution in [2.24, 2.45) is 11.7 Å². The average molecular weight is 265 g/mol. The van der Waals surface area contributed by atoms with Crippen LogP contribution in [0.1, 0.15) is 39.5 Å². The first kappa shape index (κ1) is 16.7. The number of hydrogen-bond acceptors (Lipinski definition) is 3. The normalized spacial score (nSPS) is 24.2. The van der Waals surface area contributed by atoms with E-state index in [1.165, 1.54) is 0 Å². The molecule has 0 aliphatic heterocycles. The summed E-state index contributed by atoms with van der Waals surface area (Å²) in [7, 11) is 1.65. The standard InChI is InChI=1S/C12H24N2O2.ClH/c1-12(2,16-3)8-14-11(15)7-9-5-4-6-10(9)13;/h9-10H,4-8,13H2,1-3H3,(H,14,15);1H/t9-,10+;/m0./s1. The van der Waals surface area contributed by atoms with Crippen LogP contribution in [0, 0.1) is 5.92 Å². The van der Waals surface area contributed by atoms with Gasteiger partial charge in [-0.2, -0.15) is 0 Å². The number of halogens is 1. The van der Waals surface area contributed by atoms with Gasteiger partial charge in [-0.25, -0.2) is 0 Å². The first-order valence-corrected chi connectivity index (χ1v) is 6.02. The molecule has 0 unspecified atom stereocenters. The topological polar surface area (TPSA) is 64.3 Å². The van der Waals surface area contributed by atoms with Gasteiger partial charge in [0.2, 0.25) is 5.91 Å². The molecule has 1 aliphatic rings. The van der Waals surface area contributed by atoms with E-state index in [-0.39, 0.29) is 30.0 Å². The minimum Gasteiger partial charge on any atom is -0.377 e. The molecule has 0 heterocycles. The van der Waals surface area contributed by atoms with Crippen LogP contribution in [0.2, 0.25) is 0 Å². The van der Waals surface area contributed by atoms with E-state index in [0.717, 1.165) is 19.3 Å². The van der Waals surface area contributed by atoms with Crippen LogP contribution in [0.25, 0.3) is 0 Å². The van der Waals surface area contributed by atoms with Crippen molar-refractivity contribution in [1.82, 2.24) is 5.32 Å². The zero-order valence-electron chi connectivity index (χ0n) is 11.0. The lowest BCUT2D eigenvalue weighted by Crippen LogP contribution is -2.41. The third kappa shape index (κ3) is 5.70. The molecule has 102 valence electrons. The molecule has 0 radical (unpaired) electrons. The smallest absolute Gasteiger partial charge is 0.220 e. The molecule has 1 fully saturated rings. The fourth-order valence-electron chi connectivity index (χ4n) is 2.01. The van der Waals surface area contributed by atoms with Gasteiger partial charge in [-0.15, -0.1) is 12.4 Å². The number of rotatable bonds is 5. The summed E-state index contributed by atoms with van der Waals surface area (Å²) < 4.78 is 5.24. The summed E-state index contributed by atoms with van der Waals surface area (Å²) in [6.07, 6.45) is 3.85. The summed E-state index contributed by atoms with van der Waals surface area (Å²) in [6, 6.07) is 0.209. The number of carbonyl (C=O) groups excluding carboxylic acids is 1. The second kappa shape index (κ2) is 7.19. The molecule has 17 heavy (non-hydrogen) atoms. The zero-order valence-corrected chi connectivity index (χ0v) is 11.8. The monoisotopic (exact) mass is 264 g/mol. The summed E-state index contributed by atoms with van der Waals surface area (Å²) in [5.74, 6) is 0.457.